The third-order valence-corrected chi connectivity index (χ3v) is 4.32. The van der Waals surface area contributed by atoms with E-state index >= 15 is 0 Å². The number of aromatic amines is 2. The van der Waals surface area contributed by atoms with Gasteiger partial charge in [0.05, 0.1) is 11.0 Å². The van der Waals surface area contributed by atoms with Crippen LogP contribution in [0.25, 0.3) is 21.9 Å². The molecule has 0 fully saturated rings. The molecular formula is C19H16N4O3. The molecule has 0 saturated carbocycles. The highest BCUT2D eigenvalue weighted by molar-refractivity contribution is 5.98. The van der Waals surface area contributed by atoms with Crippen molar-refractivity contribution in [1.82, 2.24) is 19.9 Å². The Balaban J connectivity index is 1.53. The summed E-state index contributed by atoms with van der Waals surface area (Å²) in [5.74, 6) is -0.227. The highest BCUT2D eigenvalue weighted by Gasteiger charge is 2.09. The van der Waals surface area contributed by atoms with Crippen molar-refractivity contribution < 1.29 is 4.79 Å². The molecule has 26 heavy (non-hydrogen) atoms. The van der Waals surface area contributed by atoms with Crippen LogP contribution in [0.2, 0.25) is 0 Å². The molecule has 4 aromatic rings. The zero-order valence-electron chi connectivity index (χ0n) is 13.8. The fourth-order valence-corrected chi connectivity index (χ4v) is 3.02. The highest BCUT2D eigenvalue weighted by Crippen LogP contribution is 2.14. The molecule has 0 aliphatic heterocycles. The first-order valence-corrected chi connectivity index (χ1v) is 8.21. The third kappa shape index (κ3) is 2.79. The maximum Gasteiger partial charge on any atom is 0.316 e. The van der Waals surface area contributed by atoms with Crippen molar-refractivity contribution in [2.45, 2.75) is 6.54 Å². The predicted molar refractivity (Wildman–Crippen MR) is 99.5 cm³/mol. The number of nitrogens with one attached hydrogen (secondary N) is 3. The summed E-state index contributed by atoms with van der Waals surface area (Å²) >= 11 is 0. The molecule has 7 nitrogen and oxygen atoms in total. The summed E-state index contributed by atoms with van der Waals surface area (Å²) in [7, 11) is 0. The van der Waals surface area contributed by atoms with Crippen LogP contribution in [0.15, 0.2) is 64.3 Å². The van der Waals surface area contributed by atoms with Gasteiger partial charge in [0, 0.05) is 35.8 Å². The van der Waals surface area contributed by atoms with E-state index in [0.29, 0.717) is 16.6 Å². The molecule has 130 valence electrons. The number of carbonyl (C=O) groups is 1. The number of carbonyl (C=O) groups excluding carboxylic acids is 1. The monoisotopic (exact) mass is 348 g/mol. The van der Waals surface area contributed by atoms with Crippen molar-refractivity contribution in [1.29, 1.82) is 0 Å². The molecule has 0 aliphatic carbocycles. The number of amides is 1. The molecule has 0 saturated heterocycles. The molecule has 0 aliphatic rings. The van der Waals surface area contributed by atoms with E-state index < -0.39 is 11.1 Å². The van der Waals surface area contributed by atoms with Gasteiger partial charge in [-0.3, -0.25) is 14.4 Å². The Morgan fingerprint density at radius 2 is 1.88 bits per heavy atom. The van der Waals surface area contributed by atoms with Gasteiger partial charge in [-0.15, -0.1) is 0 Å². The molecule has 3 N–H and O–H groups in total. The largest absolute Gasteiger partial charge is 0.361 e. The minimum Gasteiger partial charge on any atom is -0.361 e. The van der Waals surface area contributed by atoms with Gasteiger partial charge in [-0.25, -0.2) is 0 Å². The molecule has 0 unspecified atom stereocenters. The van der Waals surface area contributed by atoms with E-state index in [1.807, 2.05) is 18.3 Å². The zero-order chi connectivity index (χ0) is 18.1. The van der Waals surface area contributed by atoms with Crippen LogP contribution in [0.5, 0.6) is 0 Å². The average Bonchev–Trinajstić information content (AvgIpc) is 3.12. The van der Waals surface area contributed by atoms with Crippen molar-refractivity contribution >= 4 is 27.8 Å². The van der Waals surface area contributed by atoms with Crippen LogP contribution in [0.3, 0.4) is 0 Å². The van der Waals surface area contributed by atoms with Gasteiger partial charge in [0.1, 0.15) is 0 Å². The van der Waals surface area contributed by atoms with Crippen LogP contribution in [-0.4, -0.2) is 27.0 Å². The van der Waals surface area contributed by atoms with Crippen LogP contribution in [0.1, 0.15) is 10.4 Å². The Morgan fingerprint density at radius 1 is 1.04 bits per heavy atom. The molecule has 0 radical (unpaired) electrons. The summed E-state index contributed by atoms with van der Waals surface area (Å²) < 4.78 is 1.38. The molecule has 4 rings (SSSR count). The fourth-order valence-electron chi connectivity index (χ4n) is 3.02. The maximum absolute atomic E-state index is 12.3. The quantitative estimate of drug-likeness (QED) is 0.488. The Labute approximate surface area is 147 Å². The molecule has 2 aromatic carbocycles. The number of nitrogens with zero attached hydrogens (tertiary/aromatic N) is 1. The second-order valence-corrected chi connectivity index (χ2v) is 5.96. The number of hydrogen-bond donors (Lipinski definition) is 3. The van der Waals surface area contributed by atoms with E-state index in [0.717, 1.165) is 10.9 Å². The smallest absolute Gasteiger partial charge is 0.316 e. The van der Waals surface area contributed by atoms with Crippen molar-refractivity contribution in [3.63, 3.8) is 0 Å². The molecule has 0 atom stereocenters. The second-order valence-electron chi connectivity index (χ2n) is 5.96. The van der Waals surface area contributed by atoms with E-state index in [1.54, 1.807) is 36.4 Å². The number of hydrogen-bond acceptors (Lipinski definition) is 3. The lowest BCUT2D eigenvalue weighted by molar-refractivity contribution is 0.0952. The first kappa shape index (κ1) is 15.9. The SMILES string of the molecule is O=C(NCCn1c(=O)c(=O)[nH]c2ccccc21)c1ccc2[nH]ccc2c1. The maximum atomic E-state index is 12.3. The number of benzene rings is 2. The molecule has 2 aromatic heterocycles. The summed E-state index contributed by atoms with van der Waals surface area (Å²) in [6.45, 7) is 0.443. The van der Waals surface area contributed by atoms with Gasteiger partial charge in [-0.2, -0.15) is 0 Å². The predicted octanol–water partition coefficient (Wildman–Crippen LogP) is 1.60. The minimum atomic E-state index is -0.673. The number of H-pyrrole nitrogens is 2. The first-order valence-electron chi connectivity index (χ1n) is 8.21. The molecule has 7 heteroatoms. The van der Waals surface area contributed by atoms with Crippen LogP contribution in [0, 0.1) is 0 Å². The van der Waals surface area contributed by atoms with Gasteiger partial charge in [0.2, 0.25) is 0 Å². The summed E-state index contributed by atoms with van der Waals surface area (Å²) in [5, 5.41) is 3.75. The lowest BCUT2D eigenvalue weighted by atomic mass is 10.1. The van der Waals surface area contributed by atoms with E-state index in [1.165, 1.54) is 4.57 Å². The van der Waals surface area contributed by atoms with Crippen LogP contribution in [-0.2, 0) is 6.54 Å². The molecule has 1 amide bonds. The molecule has 0 spiro atoms. The lowest BCUT2D eigenvalue weighted by Crippen LogP contribution is -2.39. The standard InChI is InChI=1S/C19H16N4O3/c24-17(13-5-6-14-12(11-13)7-8-20-14)21-9-10-23-16-4-2-1-3-15(16)22-18(25)19(23)26/h1-8,11,20H,9-10H2,(H,21,24)(H,22,25). The molecule has 2 heterocycles. The number of fused-ring (bicyclic) bond motifs is 2. The van der Waals surface area contributed by atoms with E-state index in [2.05, 4.69) is 15.3 Å². The third-order valence-electron chi connectivity index (χ3n) is 4.32. The Kier molecular flexibility index (Phi) is 3.89. The van der Waals surface area contributed by atoms with Gasteiger partial charge in [-0.1, -0.05) is 12.1 Å². The fraction of sp³-hybridized carbons (Fsp3) is 0.105. The van der Waals surface area contributed by atoms with Crippen molar-refractivity contribution in [3.8, 4) is 0 Å². The van der Waals surface area contributed by atoms with Gasteiger partial charge >= 0.3 is 11.1 Å². The van der Waals surface area contributed by atoms with Gasteiger partial charge in [0.15, 0.2) is 0 Å². The van der Waals surface area contributed by atoms with Crippen LogP contribution in [0.4, 0.5) is 0 Å². The van der Waals surface area contributed by atoms with Gasteiger partial charge in [0.25, 0.3) is 5.91 Å². The number of rotatable bonds is 4. The average molecular weight is 348 g/mol. The first-order chi connectivity index (χ1) is 12.6. The number of para-hydroxylation sites is 2. The summed E-state index contributed by atoms with van der Waals surface area (Å²) in [6.07, 6.45) is 1.82. The highest BCUT2D eigenvalue weighted by atomic mass is 16.2. The van der Waals surface area contributed by atoms with Crippen molar-refractivity contribution in [3.05, 3.63) is 81.0 Å². The van der Waals surface area contributed by atoms with Crippen LogP contribution < -0.4 is 16.4 Å². The Hall–Kier alpha value is -3.61. The number of aromatic nitrogens is 3. The second kappa shape index (κ2) is 6.36. The Morgan fingerprint density at radius 3 is 2.77 bits per heavy atom. The summed E-state index contributed by atoms with van der Waals surface area (Å²) in [6, 6.07) is 14.4. The zero-order valence-corrected chi connectivity index (χ0v) is 13.8. The van der Waals surface area contributed by atoms with Crippen LogP contribution >= 0.6 is 0 Å². The topological polar surface area (TPSA) is 99.8 Å². The van der Waals surface area contributed by atoms with E-state index in [-0.39, 0.29) is 19.0 Å². The normalized spacial score (nSPS) is 11.1. The minimum absolute atomic E-state index is 0.210. The van der Waals surface area contributed by atoms with E-state index in [9.17, 15) is 14.4 Å². The van der Waals surface area contributed by atoms with Crippen molar-refractivity contribution in [2.75, 3.05) is 6.54 Å². The van der Waals surface area contributed by atoms with E-state index in [4.69, 9.17) is 0 Å². The van der Waals surface area contributed by atoms with Gasteiger partial charge in [-0.05, 0) is 36.4 Å². The summed E-state index contributed by atoms with van der Waals surface area (Å²) in [4.78, 5) is 41.9. The molecule has 0 bridgehead atoms. The lowest BCUT2D eigenvalue weighted by Gasteiger charge is -2.10. The molecular weight excluding hydrogens is 332 g/mol. The van der Waals surface area contributed by atoms with Crippen molar-refractivity contribution in [2.24, 2.45) is 0 Å². The summed E-state index contributed by atoms with van der Waals surface area (Å²) in [5.41, 5.74) is 1.41. The van der Waals surface area contributed by atoms with Gasteiger partial charge < -0.3 is 19.9 Å². The Bertz CT molecular complexity index is 1230.